The minimum atomic E-state index is 0.0198. The quantitative estimate of drug-likeness (QED) is 0.840. The first-order valence-corrected chi connectivity index (χ1v) is 7.34. The van der Waals surface area contributed by atoms with Crippen molar-refractivity contribution in [2.24, 2.45) is 5.92 Å². The van der Waals surface area contributed by atoms with Crippen molar-refractivity contribution in [1.29, 1.82) is 0 Å². The lowest BCUT2D eigenvalue weighted by molar-refractivity contribution is -0.117. The Labute approximate surface area is 122 Å². The fourth-order valence-electron chi connectivity index (χ4n) is 2.61. The lowest BCUT2D eigenvalue weighted by atomic mass is 10.1. The molecule has 3 N–H and O–H groups in total. The van der Waals surface area contributed by atoms with Crippen molar-refractivity contribution < 1.29 is 4.79 Å². The van der Waals surface area contributed by atoms with Crippen LogP contribution in [-0.4, -0.2) is 29.9 Å². The molecule has 0 aliphatic carbocycles. The van der Waals surface area contributed by atoms with Crippen LogP contribution < -0.4 is 11.1 Å². The van der Waals surface area contributed by atoms with Crippen LogP contribution in [0.1, 0.15) is 20.3 Å². The number of anilines is 2. The lowest BCUT2D eigenvalue weighted by Gasteiger charge is -2.20. The van der Waals surface area contributed by atoms with Crippen LogP contribution in [0.25, 0.3) is 0 Å². The molecule has 1 amide bonds. The number of nitrogens with zero attached hydrogens (tertiary/aromatic N) is 1. The Bertz CT molecular complexity index is 478. The second-order valence-electron chi connectivity index (χ2n) is 5.41. The lowest BCUT2D eigenvalue weighted by Crippen LogP contribution is -2.35. The Kier molecular flexibility index (Phi) is 4.47. The Morgan fingerprint density at radius 1 is 1.53 bits per heavy atom. The molecule has 1 aromatic rings. The molecular formula is C14H20BrN3O. The molecule has 5 heteroatoms. The molecule has 2 unspecified atom stereocenters. The van der Waals surface area contributed by atoms with Crippen LogP contribution in [0.5, 0.6) is 0 Å². The van der Waals surface area contributed by atoms with Gasteiger partial charge in [0, 0.05) is 22.7 Å². The maximum atomic E-state index is 12.1. The maximum absolute atomic E-state index is 12.1. The highest BCUT2D eigenvalue weighted by Crippen LogP contribution is 2.25. The van der Waals surface area contributed by atoms with Gasteiger partial charge in [-0.3, -0.25) is 9.69 Å². The number of nitrogen functional groups attached to an aromatic ring is 1. The largest absolute Gasteiger partial charge is 0.399 e. The molecule has 0 bridgehead atoms. The molecule has 104 valence electrons. The summed E-state index contributed by atoms with van der Waals surface area (Å²) in [5, 5.41) is 2.92. The zero-order valence-corrected chi connectivity index (χ0v) is 12.9. The number of hydrogen-bond donors (Lipinski definition) is 2. The molecule has 1 aliphatic rings. The summed E-state index contributed by atoms with van der Waals surface area (Å²) in [6.07, 6.45) is 1.17. The summed E-state index contributed by atoms with van der Waals surface area (Å²) < 4.78 is 0.809. The number of carbonyl (C=O) groups excluding carboxylic acids is 1. The molecule has 0 spiro atoms. The fraction of sp³-hybridized carbons (Fsp3) is 0.500. The van der Waals surface area contributed by atoms with E-state index < -0.39 is 0 Å². The van der Waals surface area contributed by atoms with E-state index in [-0.39, 0.29) is 5.91 Å². The average molecular weight is 326 g/mol. The maximum Gasteiger partial charge on any atom is 0.238 e. The molecule has 4 nitrogen and oxygen atoms in total. The standard InChI is InChI=1S/C14H20BrN3O/c1-9-5-10(2)18(7-9)8-14(19)17-13-4-3-11(16)6-12(13)15/h3-4,6,9-10H,5,7-8,16H2,1-2H3,(H,17,19). The van der Waals surface area contributed by atoms with E-state index in [1.54, 1.807) is 12.1 Å². The zero-order valence-electron chi connectivity index (χ0n) is 11.3. The molecule has 0 aromatic heterocycles. The third-order valence-corrected chi connectivity index (χ3v) is 4.18. The van der Waals surface area contributed by atoms with Crippen LogP contribution in [0, 0.1) is 5.92 Å². The van der Waals surface area contributed by atoms with Crippen molar-refractivity contribution in [2.45, 2.75) is 26.3 Å². The Morgan fingerprint density at radius 2 is 2.26 bits per heavy atom. The number of halogens is 1. The van der Waals surface area contributed by atoms with Crippen molar-refractivity contribution >= 4 is 33.2 Å². The molecule has 2 atom stereocenters. The van der Waals surface area contributed by atoms with Crippen LogP contribution in [0.2, 0.25) is 0 Å². The summed E-state index contributed by atoms with van der Waals surface area (Å²) in [7, 11) is 0. The van der Waals surface area contributed by atoms with Gasteiger partial charge in [0.05, 0.1) is 12.2 Å². The Morgan fingerprint density at radius 3 is 2.84 bits per heavy atom. The topological polar surface area (TPSA) is 58.4 Å². The summed E-state index contributed by atoms with van der Waals surface area (Å²) in [5.74, 6) is 0.692. The predicted molar refractivity (Wildman–Crippen MR) is 82.0 cm³/mol. The first-order chi connectivity index (χ1) is 8.95. The molecule has 1 aromatic carbocycles. The SMILES string of the molecule is CC1CC(C)N(CC(=O)Nc2ccc(N)cc2Br)C1. The van der Waals surface area contributed by atoms with E-state index in [1.165, 1.54) is 6.42 Å². The van der Waals surface area contributed by atoms with Gasteiger partial charge >= 0.3 is 0 Å². The zero-order chi connectivity index (χ0) is 14.0. The van der Waals surface area contributed by atoms with Crippen LogP contribution in [-0.2, 0) is 4.79 Å². The van der Waals surface area contributed by atoms with E-state index in [0.717, 1.165) is 16.7 Å². The predicted octanol–water partition coefficient (Wildman–Crippen LogP) is 2.70. The number of amides is 1. The molecule has 0 radical (unpaired) electrons. The summed E-state index contributed by atoms with van der Waals surface area (Å²) in [6, 6.07) is 5.86. The number of nitrogens with one attached hydrogen (secondary N) is 1. The molecule has 19 heavy (non-hydrogen) atoms. The molecule has 1 saturated heterocycles. The second kappa shape index (κ2) is 5.92. The van der Waals surface area contributed by atoms with E-state index in [4.69, 9.17) is 5.73 Å². The smallest absolute Gasteiger partial charge is 0.238 e. The van der Waals surface area contributed by atoms with Crippen molar-refractivity contribution in [3.8, 4) is 0 Å². The van der Waals surface area contributed by atoms with Gasteiger partial charge in [0.25, 0.3) is 0 Å². The van der Waals surface area contributed by atoms with Crippen molar-refractivity contribution in [3.63, 3.8) is 0 Å². The second-order valence-corrected chi connectivity index (χ2v) is 6.26. The number of benzene rings is 1. The van der Waals surface area contributed by atoms with E-state index >= 15 is 0 Å². The highest BCUT2D eigenvalue weighted by molar-refractivity contribution is 9.10. The van der Waals surface area contributed by atoms with E-state index in [2.05, 4.69) is 40.0 Å². The number of likely N-dealkylation sites (tertiary alicyclic amines) is 1. The molecule has 1 aliphatic heterocycles. The molecular weight excluding hydrogens is 306 g/mol. The normalized spacial score (nSPS) is 23.5. The molecule has 1 fully saturated rings. The molecule has 2 rings (SSSR count). The van der Waals surface area contributed by atoms with Gasteiger partial charge in [0.2, 0.25) is 5.91 Å². The third kappa shape index (κ3) is 3.70. The van der Waals surface area contributed by atoms with Crippen molar-refractivity contribution in [1.82, 2.24) is 4.90 Å². The first-order valence-electron chi connectivity index (χ1n) is 6.54. The number of rotatable bonds is 3. The molecule has 0 saturated carbocycles. The van der Waals surface area contributed by atoms with Crippen LogP contribution in [0.15, 0.2) is 22.7 Å². The first kappa shape index (κ1) is 14.3. The minimum absolute atomic E-state index is 0.0198. The average Bonchev–Trinajstić information content (AvgIpc) is 2.61. The van der Waals surface area contributed by atoms with E-state index in [9.17, 15) is 4.79 Å². The van der Waals surface area contributed by atoms with Crippen LogP contribution >= 0.6 is 15.9 Å². The molecule has 1 heterocycles. The van der Waals surface area contributed by atoms with Gasteiger partial charge in [-0.2, -0.15) is 0 Å². The van der Waals surface area contributed by atoms with Gasteiger partial charge < -0.3 is 11.1 Å². The van der Waals surface area contributed by atoms with Gasteiger partial charge in [0.1, 0.15) is 0 Å². The van der Waals surface area contributed by atoms with Crippen molar-refractivity contribution in [2.75, 3.05) is 24.1 Å². The fourth-order valence-corrected chi connectivity index (χ4v) is 3.11. The van der Waals surface area contributed by atoms with Gasteiger partial charge in [-0.1, -0.05) is 6.92 Å². The van der Waals surface area contributed by atoms with Crippen LogP contribution in [0.3, 0.4) is 0 Å². The Hall–Kier alpha value is -1.07. The number of carbonyl (C=O) groups is 1. The summed E-state index contributed by atoms with van der Waals surface area (Å²) in [6.45, 7) is 5.85. The monoisotopic (exact) mass is 325 g/mol. The Balaban J connectivity index is 1.94. The van der Waals surface area contributed by atoms with E-state index in [0.29, 0.717) is 24.2 Å². The third-order valence-electron chi connectivity index (χ3n) is 3.53. The minimum Gasteiger partial charge on any atom is -0.399 e. The summed E-state index contributed by atoms with van der Waals surface area (Å²) in [5.41, 5.74) is 7.11. The summed E-state index contributed by atoms with van der Waals surface area (Å²) >= 11 is 3.40. The van der Waals surface area contributed by atoms with Crippen molar-refractivity contribution in [3.05, 3.63) is 22.7 Å². The number of hydrogen-bond acceptors (Lipinski definition) is 3. The van der Waals surface area contributed by atoms with E-state index in [1.807, 2.05) is 6.07 Å². The highest BCUT2D eigenvalue weighted by atomic mass is 79.9. The highest BCUT2D eigenvalue weighted by Gasteiger charge is 2.27. The van der Waals surface area contributed by atoms with Gasteiger partial charge in [-0.05, 0) is 53.4 Å². The van der Waals surface area contributed by atoms with Crippen LogP contribution in [0.4, 0.5) is 11.4 Å². The van der Waals surface area contributed by atoms with Gasteiger partial charge in [-0.25, -0.2) is 0 Å². The van der Waals surface area contributed by atoms with Gasteiger partial charge in [-0.15, -0.1) is 0 Å². The number of nitrogens with two attached hydrogens (primary N) is 1. The van der Waals surface area contributed by atoms with Gasteiger partial charge in [0.15, 0.2) is 0 Å². The summed E-state index contributed by atoms with van der Waals surface area (Å²) in [4.78, 5) is 14.3.